The number of aliphatic hydroxyl groups is 1. The first-order valence-corrected chi connectivity index (χ1v) is 7.08. The molecule has 1 heterocycles. The standard InChI is InChI=1S/C15H16F2N2O5/c16-8-1-3-10(17)12(5-8)19-15(23)18-11-4-2-9(6-14(21)22)24-13(11)7-20/h1-5,9,11,13,20H,6-7H2,(H,21,22)(H2,18,19,23)/t9-,11-,13-/m0/s1. The van der Waals surface area contributed by atoms with Crippen molar-refractivity contribution in [3.63, 3.8) is 0 Å². The fourth-order valence-corrected chi connectivity index (χ4v) is 2.21. The second-order valence-electron chi connectivity index (χ2n) is 5.13. The zero-order valence-corrected chi connectivity index (χ0v) is 12.4. The van der Waals surface area contributed by atoms with E-state index >= 15 is 0 Å². The van der Waals surface area contributed by atoms with Gasteiger partial charge in [0, 0.05) is 6.07 Å². The summed E-state index contributed by atoms with van der Waals surface area (Å²) in [6.45, 7) is -0.459. The van der Waals surface area contributed by atoms with Crippen molar-refractivity contribution in [2.75, 3.05) is 11.9 Å². The summed E-state index contributed by atoms with van der Waals surface area (Å²) in [5.41, 5.74) is -0.336. The smallest absolute Gasteiger partial charge is 0.319 e. The lowest BCUT2D eigenvalue weighted by Gasteiger charge is -2.31. The van der Waals surface area contributed by atoms with Crippen LogP contribution in [0.4, 0.5) is 19.3 Å². The first kappa shape index (κ1) is 17.8. The number of benzene rings is 1. The number of ether oxygens (including phenoxy) is 1. The molecule has 1 aromatic rings. The molecule has 0 radical (unpaired) electrons. The number of rotatable bonds is 5. The molecule has 4 N–H and O–H groups in total. The highest BCUT2D eigenvalue weighted by Crippen LogP contribution is 2.17. The van der Waals surface area contributed by atoms with Gasteiger partial charge in [0.05, 0.1) is 30.9 Å². The third-order valence-electron chi connectivity index (χ3n) is 3.31. The second-order valence-corrected chi connectivity index (χ2v) is 5.13. The Labute approximate surface area is 135 Å². The highest BCUT2D eigenvalue weighted by molar-refractivity contribution is 5.89. The van der Waals surface area contributed by atoms with E-state index in [2.05, 4.69) is 10.6 Å². The van der Waals surface area contributed by atoms with Gasteiger partial charge >= 0.3 is 12.0 Å². The van der Waals surface area contributed by atoms with Crippen molar-refractivity contribution in [3.8, 4) is 0 Å². The Morgan fingerprint density at radius 1 is 1.25 bits per heavy atom. The molecular weight excluding hydrogens is 326 g/mol. The van der Waals surface area contributed by atoms with Crippen LogP contribution in [-0.4, -0.2) is 47.1 Å². The number of carbonyl (C=O) groups is 2. The van der Waals surface area contributed by atoms with Crippen LogP contribution >= 0.6 is 0 Å². The molecule has 1 aliphatic heterocycles. The average Bonchev–Trinajstić information content (AvgIpc) is 2.51. The molecule has 2 amide bonds. The lowest BCUT2D eigenvalue weighted by Crippen LogP contribution is -2.50. The number of aliphatic carboxylic acids is 1. The van der Waals surface area contributed by atoms with Gasteiger partial charge in [0.1, 0.15) is 17.7 Å². The zero-order valence-electron chi connectivity index (χ0n) is 12.4. The number of carboxylic acid groups (broad SMARTS) is 1. The zero-order chi connectivity index (χ0) is 17.7. The van der Waals surface area contributed by atoms with Gasteiger partial charge in [-0.2, -0.15) is 0 Å². The van der Waals surface area contributed by atoms with Crippen LogP contribution in [0.5, 0.6) is 0 Å². The van der Waals surface area contributed by atoms with Crippen LogP contribution in [-0.2, 0) is 9.53 Å². The van der Waals surface area contributed by atoms with Gasteiger partial charge in [-0.15, -0.1) is 0 Å². The van der Waals surface area contributed by atoms with E-state index in [-0.39, 0.29) is 12.1 Å². The lowest BCUT2D eigenvalue weighted by atomic mass is 10.1. The molecule has 0 unspecified atom stereocenters. The molecule has 0 saturated heterocycles. The Bertz CT molecular complexity index is 653. The van der Waals surface area contributed by atoms with Crippen molar-refractivity contribution in [2.45, 2.75) is 24.7 Å². The Kier molecular flexibility index (Phi) is 5.83. The molecular formula is C15H16F2N2O5. The van der Waals surface area contributed by atoms with Gasteiger partial charge in [0.15, 0.2) is 0 Å². The van der Waals surface area contributed by atoms with Gasteiger partial charge in [-0.05, 0) is 12.1 Å². The van der Waals surface area contributed by atoms with Crippen molar-refractivity contribution < 1.29 is 33.3 Å². The number of carboxylic acids is 1. The van der Waals surface area contributed by atoms with Crippen molar-refractivity contribution >= 4 is 17.7 Å². The van der Waals surface area contributed by atoms with Crippen molar-refractivity contribution in [2.24, 2.45) is 0 Å². The first-order chi connectivity index (χ1) is 11.4. The third kappa shape index (κ3) is 4.74. The molecule has 0 fully saturated rings. The Hall–Kier alpha value is -2.52. The third-order valence-corrected chi connectivity index (χ3v) is 3.31. The maximum atomic E-state index is 13.5. The Morgan fingerprint density at radius 3 is 2.67 bits per heavy atom. The maximum absolute atomic E-state index is 13.5. The van der Waals surface area contributed by atoms with Gasteiger partial charge in [-0.25, -0.2) is 13.6 Å². The van der Waals surface area contributed by atoms with Crippen LogP contribution in [0.15, 0.2) is 30.4 Å². The van der Waals surface area contributed by atoms with E-state index in [1.54, 1.807) is 0 Å². The summed E-state index contributed by atoms with van der Waals surface area (Å²) in [6.07, 6.45) is 1.08. The molecule has 0 aromatic heterocycles. The molecule has 0 bridgehead atoms. The molecule has 0 saturated carbocycles. The van der Waals surface area contributed by atoms with E-state index in [4.69, 9.17) is 9.84 Å². The van der Waals surface area contributed by atoms with E-state index < -0.39 is 48.5 Å². The Morgan fingerprint density at radius 2 is 2.00 bits per heavy atom. The largest absolute Gasteiger partial charge is 0.481 e. The topological polar surface area (TPSA) is 108 Å². The number of aliphatic hydroxyl groups excluding tert-OH is 1. The summed E-state index contributed by atoms with van der Waals surface area (Å²) in [7, 11) is 0. The van der Waals surface area contributed by atoms with Gasteiger partial charge in [0.25, 0.3) is 0 Å². The predicted molar refractivity (Wildman–Crippen MR) is 79.4 cm³/mol. The van der Waals surface area contributed by atoms with Crippen LogP contribution < -0.4 is 10.6 Å². The first-order valence-electron chi connectivity index (χ1n) is 7.08. The second kappa shape index (κ2) is 7.84. The van der Waals surface area contributed by atoms with Gasteiger partial charge < -0.3 is 25.6 Å². The normalized spacial score (nSPS) is 22.9. The minimum atomic E-state index is -1.06. The summed E-state index contributed by atoms with van der Waals surface area (Å²) in [4.78, 5) is 22.6. The minimum absolute atomic E-state index is 0.277. The van der Waals surface area contributed by atoms with Gasteiger partial charge in [0.2, 0.25) is 0 Å². The molecule has 3 atom stereocenters. The van der Waals surface area contributed by atoms with E-state index in [0.717, 1.165) is 18.2 Å². The number of carbonyl (C=O) groups excluding carboxylic acids is 1. The average molecular weight is 342 g/mol. The maximum Gasteiger partial charge on any atom is 0.319 e. The van der Waals surface area contributed by atoms with Crippen molar-refractivity contribution in [3.05, 3.63) is 42.0 Å². The monoisotopic (exact) mass is 342 g/mol. The van der Waals surface area contributed by atoms with E-state index in [9.17, 15) is 23.5 Å². The van der Waals surface area contributed by atoms with Crippen LogP contribution in [0.1, 0.15) is 6.42 Å². The summed E-state index contributed by atoms with van der Waals surface area (Å²) in [6, 6.07) is 1.04. The van der Waals surface area contributed by atoms with Crippen LogP contribution in [0.25, 0.3) is 0 Å². The highest BCUT2D eigenvalue weighted by Gasteiger charge is 2.29. The molecule has 9 heteroatoms. The summed E-state index contributed by atoms with van der Waals surface area (Å²) in [5, 5.41) is 22.6. The number of hydrogen-bond donors (Lipinski definition) is 4. The van der Waals surface area contributed by atoms with Crippen molar-refractivity contribution in [1.29, 1.82) is 0 Å². The van der Waals surface area contributed by atoms with Crippen LogP contribution in [0.3, 0.4) is 0 Å². The molecule has 0 aliphatic carbocycles. The summed E-state index contributed by atoms with van der Waals surface area (Å²) < 4.78 is 31.9. The predicted octanol–water partition coefficient (Wildman–Crippen LogP) is 1.25. The number of urea groups is 1. The fourth-order valence-electron chi connectivity index (χ4n) is 2.21. The minimum Gasteiger partial charge on any atom is -0.481 e. The highest BCUT2D eigenvalue weighted by atomic mass is 19.1. The summed E-state index contributed by atoms with van der Waals surface area (Å²) in [5.74, 6) is -2.58. The van der Waals surface area contributed by atoms with Crippen molar-refractivity contribution in [1.82, 2.24) is 5.32 Å². The van der Waals surface area contributed by atoms with Gasteiger partial charge in [-0.3, -0.25) is 4.79 Å². The molecule has 1 aliphatic rings. The molecule has 130 valence electrons. The number of anilines is 1. The molecule has 1 aromatic carbocycles. The molecule has 24 heavy (non-hydrogen) atoms. The number of nitrogens with one attached hydrogen (secondary N) is 2. The van der Waals surface area contributed by atoms with Crippen LogP contribution in [0.2, 0.25) is 0 Å². The van der Waals surface area contributed by atoms with E-state index in [1.165, 1.54) is 12.2 Å². The summed E-state index contributed by atoms with van der Waals surface area (Å²) >= 11 is 0. The quantitative estimate of drug-likeness (QED) is 0.602. The lowest BCUT2D eigenvalue weighted by molar-refractivity contribution is -0.141. The number of hydrogen-bond acceptors (Lipinski definition) is 4. The fraction of sp³-hybridized carbons (Fsp3) is 0.333. The molecule has 7 nitrogen and oxygen atoms in total. The van der Waals surface area contributed by atoms with Gasteiger partial charge in [-0.1, -0.05) is 12.2 Å². The van der Waals surface area contributed by atoms with E-state index in [1.807, 2.05) is 0 Å². The van der Waals surface area contributed by atoms with E-state index in [0.29, 0.717) is 0 Å². The SMILES string of the molecule is O=C(O)C[C@@H]1C=C[C@H](NC(=O)Nc2cc(F)ccc2F)[C@H](CO)O1. The molecule has 2 rings (SSSR count). The number of halogens is 2. The Balaban J connectivity index is 2.00. The van der Waals surface area contributed by atoms with Crippen LogP contribution in [0, 0.1) is 11.6 Å². The number of amides is 2. The molecule has 0 spiro atoms.